The number of hydrogen-bond donors (Lipinski definition) is 0. The highest BCUT2D eigenvalue weighted by atomic mass is 35.5. The van der Waals surface area contributed by atoms with Gasteiger partial charge in [0.2, 0.25) is 0 Å². The Kier molecular flexibility index (Phi) is 4.67. The molecule has 1 spiro atoms. The van der Waals surface area contributed by atoms with E-state index in [-0.39, 0.29) is 11.6 Å². The van der Waals surface area contributed by atoms with Crippen molar-refractivity contribution in [2.75, 3.05) is 25.2 Å². The maximum absolute atomic E-state index is 6.59. The molecule has 2 aliphatic rings. The number of likely N-dealkylation sites (tertiary alicyclic amines) is 1. The van der Waals surface area contributed by atoms with Crippen LogP contribution in [0.5, 0.6) is 0 Å². The van der Waals surface area contributed by atoms with Gasteiger partial charge in [0.15, 0.2) is 0 Å². The molecule has 5 heteroatoms. The van der Waals surface area contributed by atoms with Crippen LogP contribution in [0.1, 0.15) is 30.9 Å². The predicted octanol–water partition coefficient (Wildman–Crippen LogP) is 5.34. The van der Waals surface area contributed by atoms with E-state index in [0.717, 1.165) is 43.6 Å². The summed E-state index contributed by atoms with van der Waals surface area (Å²) < 4.78 is 0. The minimum absolute atomic E-state index is 0.0931. The Hall–Kier alpha value is -1.26. The first-order valence-corrected chi connectivity index (χ1v) is 9.49. The van der Waals surface area contributed by atoms with Gasteiger partial charge in [0.1, 0.15) is 5.60 Å². The standard InChI is InChI=1S/C20H22Cl2N2O/c1-23-11-9-20(10-12-23)14-19(17-8-7-15(21)13-18(17)22)24(25-20)16-5-3-2-4-6-16/h2-8,13,19H,9-12,14H2,1H3. The lowest BCUT2D eigenvalue weighted by atomic mass is 9.84. The molecule has 0 N–H and O–H groups in total. The number of rotatable bonds is 2. The number of benzene rings is 2. The number of halogens is 2. The smallest absolute Gasteiger partial charge is 0.101 e. The van der Waals surface area contributed by atoms with Crippen LogP contribution in [-0.2, 0) is 4.84 Å². The van der Waals surface area contributed by atoms with E-state index in [4.69, 9.17) is 28.0 Å². The van der Waals surface area contributed by atoms with E-state index in [1.807, 2.05) is 36.4 Å². The van der Waals surface area contributed by atoms with Crippen LogP contribution in [-0.4, -0.2) is 30.6 Å². The fourth-order valence-corrected chi connectivity index (χ4v) is 4.42. The largest absolute Gasteiger partial charge is 0.306 e. The monoisotopic (exact) mass is 376 g/mol. The lowest BCUT2D eigenvalue weighted by Gasteiger charge is -2.36. The summed E-state index contributed by atoms with van der Waals surface area (Å²) in [6, 6.07) is 16.1. The molecule has 2 heterocycles. The average molecular weight is 377 g/mol. The van der Waals surface area contributed by atoms with Gasteiger partial charge >= 0.3 is 0 Å². The van der Waals surface area contributed by atoms with E-state index in [1.54, 1.807) is 0 Å². The number of hydroxylamine groups is 1. The van der Waals surface area contributed by atoms with Gasteiger partial charge in [0, 0.05) is 29.6 Å². The maximum atomic E-state index is 6.59. The zero-order chi connectivity index (χ0) is 17.4. The number of para-hydroxylation sites is 1. The third-order valence-corrected chi connectivity index (χ3v) is 5.93. The molecule has 0 bridgehead atoms. The molecule has 0 amide bonds. The molecule has 0 radical (unpaired) electrons. The molecule has 2 aromatic rings. The summed E-state index contributed by atoms with van der Waals surface area (Å²) in [6.45, 7) is 2.12. The molecule has 4 rings (SSSR count). The summed E-state index contributed by atoms with van der Waals surface area (Å²) in [5.41, 5.74) is 2.02. The van der Waals surface area contributed by atoms with Gasteiger partial charge in [-0.1, -0.05) is 47.5 Å². The van der Waals surface area contributed by atoms with Crippen LogP contribution in [0.2, 0.25) is 10.0 Å². The predicted molar refractivity (Wildman–Crippen MR) is 103 cm³/mol. The molecule has 0 aliphatic carbocycles. The zero-order valence-corrected chi connectivity index (χ0v) is 15.8. The summed E-state index contributed by atoms with van der Waals surface area (Å²) >= 11 is 12.6. The Balaban J connectivity index is 1.71. The van der Waals surface area contributed by atoms with Gasteiger partial charge in [-0.2, -0.15) is 0 Å². The van der Waals surface area contributed by atoms with Crippen molar-refractivity contribution in [3.63, 3.8) is 0 Å². The van der Waals surface area contributed by atoms with Gasteiger partial charge in [0.05, 0.1) is 11.7 Å². The van der Waals surface area contributed by atoms with E-state index in [1.165, 1.54) is 0 Å². The average Bonchev–Trinajstić information content (AvgIpc) is 2.98. The highest BCUT2D eigenvalue weighted by Gasteiger charge is 2.48. The molecule has 1 atom stereocenters. The maximum Gasteiger partial charge on any atom is 0.101 e. The number of nitrogens with zero attached hydrogens (tertiary/aromatic N) is 2. The number of hydrogen-bond acceptors (Lipinski definition) is 3. The lowest BCUT2D eigenvalue weighted by molar-refractivity contribution is -0.0523. The van der Waals surface area contributed by atoms with Crippen LogP contribution in [0.3, 0.4) is 0 Å². The van der Waals surface area contributed by atoms with Crippen LogP contribution in [0.15, 0.2) is 48.5 Å². The van der Waals surface area contributed by atoms with Crippen molar-refractivity contribution in [1.29, 1.82) is 0 Å². The molecule has 2 saturated heterocycles. The minimum Gasteiger partial charge on any atom is -0.306 e. The summed E-state index contributed by atoms with van der Waals surface area (Å²) in [6.07, 6.45) is 3.01. The summed E-state index contributed by atoms with van der Waals surface area (Å²) in [4.78, 5) is 8.96. The molecule has 2 aromatic carbocycles. The van der Waals surface area contributed by atoms with Gasteiger partial charge in [-0.3, -0.25) is 4.84 Å². The van der Waals surface area contributed by atoms with Crippen LogP contribution < -0.4 is 5.06 Å². The van der Waals surface area contributed by atoms with E-state index < -0.39 is 0 Å². The summed E-state index contributed by atoms with van der Waals surface area (Å²) in [5.74, 6) is 0. The number of anilines is 1. The highest BCUT2D eigenvalue weighted by Crippen LogP contribution is 2.48. The fourth-order valence-electron chi connectivity index (χ4n) is 3.88. The molecule has 2 aliphatic heterocycles. The van der Waals surface area contributed by atoms with E-state index in [0.29, 0.717) is 10.0 Å². The normalized spacial score (nSPS) is 23.3. The molecule has 1 unspecified atom stereocenters. The molecule has 0 saturated carbocycles. The first kappa shape index (κ1) is 17.2. The molecule has 3 nitrogen and oxygen atoms in total. The van der Waals surface area contributed by atoms with E-state index in [9.17, 15) is 0 Å². The molecule has 2 fully saturated rings. The number of piperidine rings is 1. The molecular weight excluding hydrogens is 355 g/mol. The second-order valence-electron chi connectivity index (χ2n) is 7.12. The van der Waals surface area contributed by atoms with Gasteiger partial charge in [-0.25, -0.2) is 5.06 Å². The van der Waals surface area contributed by atoms with Crippen molar-refractivity contribution in [2.24, 2.45) is 0 Å². The van der Waals surface area contributed by atoms with Crippen LogP contribution >= 0.6 is 23.2 Å². The topological polar surface area (TPSA) is 15.7 Å². The first-order chi connectivity index (χ1) is 12.1. The SMILES string of the molecule is CN1CCC2(CC1)CC(c1ccc(Cl)cc1Cl)N(c1ccccc1)O2. The van der Waals surface area contributed by atoms with E-state index >= 15 is 0 Å². The van der Waals surface area contributed by atoms with Crippen molar-refractivity contribution < 1.29 is 4.84 Å². The molecule has 25 heavy (non-hydrogen) atoms. The summed E-state index contributed by atoms with van der Waals surface area (Å²) in [7, 11) is 2.17. The molecule has 132 valence electrons. The quantitative estimate of drug-likeness (QED) is 0.703. The van der Waals surface area contributed by atoms with Crippen molar-refractivity contribution >= 4 is 28.9 Å². The van der Waals surface area contributed by atoms with Crippen molar-refractivity contribution in [1.82, 2.24) is 4.90 Å². The minimum atomic E-state index is -0.115. The van der Waals surface area contributed by atoms with Crippen LogP contribution in [0.25, 0.3) is 0 Å². The van der Waals surface area contributed by atoms with Gasteiger partial charge in [0.25, 0.3) is 0 Å². The van der Waals surface area contributed by atoms with Gasteiger partial charge in [-0.15, -0.1) is 0 Å². The van der Waals surface area contributed by atoms with Crippen LogP contribution in [0, 0.1) is 0 Å². The second-order valence-corrected chi connectivity index (χ2v) is 7.97. The molecular formula is C20H22Cl2N2O. The van der Waals surface area contributed by atoms with Gasteiger partial charge < -0.3 is 4.90 Å². The Bertz CT molecular complexity index is 745. The third-order valence-electron chi connectivity index (χ3n) is 5.37. The van der Waals surface area contributed by atoms with E-state index in [2.05, 4.69) is 29.1 Å². The van der Waals surface area contributed by atoms with Gasteiger partial charge in [-0.05, 0) is 49.7 Å². The lowest BCUT2D eigenvalue weighted by Crippen LogP contribution is -2.43. The first-order valence-electron chi connectivity index (χ1n) is 8.73. The Labute approximate surface area is 159 Å². The second kappa shape index (κ2) is 6.81. The fraction of sp³-hybridized carbons (Fsp3) is 0.400. The van der Waals surface area contributed by atoms with Crippen molar-refractivity contribution in [3.05, 3.63) is 64.1 Å². The summed E-state index contributed by atoms with van der Waals surface area (Å²) in [5, 5.41) is 3.42. The van der Waals surface area contributed by atoms with Crippen molar-refractivity contribution in [3.8, 4) is 0 Å². The zero-order valence-electron chi connectivity index (χ0n) is 14.3. The Morgan fingerprint density at radius 2 is 1.76 bits per heavy atom. The Morgan fingerprint density at radius 1 is 1.04 bits per heavy atom. The van der Waals surface area contributed by atoms with Crippen LogP contribution in [0.4, 0.5) is 5.69 Å². The Morgan fingerprint density at radius 3 is 2.44 bits per heavy atom. The highest BCUT2D eigenvalue weighted by molar-refractivity contribution is 6.35. The molecule has 0 aromatic heterocycles. The third kappa shape index (κ3) is 3.39. The van der Waals surface area contributed by atoms with Crippen molar-refractivity contribution in [2.45, 2.75) is 30.9 Å².